The molecule has 1 N–H and O–H groups in total. The van der Waals surface area contributed by atoms with Crippen molar-refractivity contribution >= 4 is 45.2 Å². The highest BCUT2D eigenvalue weighted by Gasteiger charge is 2.12. The van der Waals surface area contributed by atoms with E-state index in [1.165, 1.54) is 23.7 Å². The number of fused-ring (bicyclic) bond motifs is 1. The Labute approximate surface area is 126 Å². The third-order valence-electron chi connectivity index (χ3n) is 2.57. The number of aryl methyl sites for hydroxylation is 1. The van der Waals surface area contributed by atoms with Crippen LogP contribution in [0.25, 0.3) is 10.2 Å². The van der Waals surface area contributed by atoms with Crippen molar-refractivity contribution in [1.82, 2.24) is 9.97 Å². The van der Waals surface area contributed by atoms with Gasteiger partial charge in [-0.25, -0.2) is 9.97 Å². The summed E-state index contributed by atoms with van der Waals surface area (Å²) >= 11 is 3.02. The zero-order valence-corrected chi connectivity index (χ0v) is 13.4. The highest BCUT2D eigenvalue weighted by atomic mass is 32.2. The Morgan fingerprint density at radius 1 is 1.50 bits per heavy atom. The van der Waals surface area contributed by atoms with Gasteiger partial charge in [-0.3, -0.25) is 4.79 Å². The summed E-state index contributed by atoms with van der Waals surface area (Å²) in [7, 11) is 1.39. The second-order valence-electron chi connectivity index (χ2n) is 4.22. The van der Waals surface area contributed by atoms with Gasteiger partial charge < -0.3 is 10.1 Å². The first-order chi connectivity index (χ1) is 9.63. The highest BCUT2D eigenvalue weighted by molar-refractivity contribution is 8.00. The van der Waals surface area contributed by atoms with Crippen LogP contribution in [0.3, 0.4) is 0 Å². The van der Waals surface area contributed by atoms with Crippen LogP contribution in [-0.4, -0.2) is 35.3 Å². The van der Waals surface area contributed by atoms with E-state index in [0.717, 1.165) is 28.2 Å². The Kier molecular flexibility index (Phi) is 5.19. The number of esters is 1. The van der Waals surface area contributed by atoms with Crippen LogP contribution >= 0.6 is 23.1 Å². The maximum Gasteiger partial charge on any atom is 0.316 e. The molecule has 0 aliphatic rings. The topological polar surface area (TPSA) is 64.1 Å². The van der Waals surface area contributed by atoms with Gasteiger partial charge >= 0.3 is 5.97 Å². The van der Waals surface area contributed by atoms with Gasteiger partial charge in [0.1, 0.15) is 9.86 Å². The van der Waals surface area contributed by atoms with E-state index in [9.17, 15) is 4.79 Å². The number of rotatable bonds is 6. The lowest BCUT2D eigenvalue weighted by molar-refractivity contribution is -0.137. The zero-order chi connectivity index (χ0) is 14.5. The van der Waals surface area contributed by atoms with Crippen LogP contribution < -0.4 is 5.32 Å². The number of ether oxygens (including phenoxy) is 1. The van der Waals surface area contributed by atoms with Crippen LogP contribution in [0.4, 0.5) is 5.95 Å². The number of hydrogen-bond acceptors (Lipinski definition) is 7. The van der Waals surface area contributed by atoms with Gasteiger partial charge in [-0.15, -0.1) is 11.3 Å². The Morgan fingerprint density at radius 3 is 3.00 bits per heavy atom. The predicted octanol–water partition coefficient (Wildman–Crippen LogP) is 3.09. The first kappa shape index (κ1) is 15.1. The number of aromatic nitrogens is 2. The maximum atomic E-state index is 11.3. The van der Waals surface area contributed by atoms with Crippen molar-refractivity contribution in [1.29, 1.82) is 0 Å². The monoisotopic (exact) mass is 311 g/mol. The third kappa shape index (κ3) is 3.61. The number of thioether (sulfide) groups is 1. The summed E-state index contributed by atoms with van der Waals surface area (Å²) in [5, 5.41) is 5.02. The molecule has 0 aliphatic heterocycles. The van der Waals surface area contributed by atoms with E-state index in [-0.39, 0.29) is 11.7 Å². The Balaban J connectivity index is 2.30. The molecule has 0 aromatic carbocycles. The largest absolute Gasteiger partial charge is 0.468 e. The van der Waals surface area contributed by atoms with Gasteiger partial charge in [0.05, 0.1) is 12.9 Å². The van der Waals surface area contributed by atoms with Crippen molar-refractivity contribution in [2.75, 3.05) is 24.7 Å². The number of nitrogens with one attached hydrogen (secondary N) is 1. The number of carbonyl (C=O) groups excluding carboxylic acids is 1. The van der Waals surface area contributed by atoms with E-state index >= 15 is 0 Å². The minimum absolute atomic E-state index is 0.253. The lowest BCUT2D eigenvalue weighted by Crippen LogP contribution is -2.06. The van der Waals surface area contributed by atoms with Gasteiger partial charge in [0.25, 0.3) is 0 Å². The first-order valence-electron chi connectivity index (χ1n) is 6.35. The molecule has 0 unspecified atom stereocenters. The molecule has 7 heteroatoms. The fraction of sp³-hybridized carbons (Fsp3) is 0.462. The number of hydrogen-bond donors (Lipinski definition) is 1. The molecule has 5 nitrogen and oxygen atoms in total. The Hall–Kier alpha value is -1.34. The van der Waals surface area contributed by atoms with Gasteiger partial charge in [-0.05, 0) is 19.4 Å². The average molecular weight is 311 g/mol. The van der Waals surface area contributed by atoms with Crippen molar-refractivity contribution in [2.24, 2.45) is 0 Å². The Bertz CT molecular complexity index is 613. The van der Waals surface area contributed by atoms with Crippen molar-refractivity contribution in [3.63, 3.8) is 0 Å². The average Bonchev–Trinajstić information content (AvgIpc) is 2.82. The summed E-state index contributed by atoms with van der Waals surface area (Å²) in [5.41, 5.74) is 0. The van der Waals surface area contributed by atoms with Crippen molar-refractivity contribution < 1.29 is 9.53 Å². The van der Waals surface area contributed by atoms with Crippen molar-refractivity contribution in [2.45, 2.75) is 25.3 Å². The van der Waals surface area contributed by atoms with E-state index < -0.39 is 0 Å². The molecule has 0 radical (unpaired) electrons. The number of anilines is 1. The van der Waals surface area contributed by atoms with Crippen molar-refractivity contribution in [3.8, 4) is 0 Å². The lowest BCUT2D eigenvalue weighted by atomic mass is 10.4. The minimum Gasteiger partial charge on any atom is -0.468 e. The summed E-state index contributed by atoms with van der Waals surface area (Å²) in [6.45, 7) is 4.96. The van der Waals surface area contributed by atoms with E-state index in [1.54, 1.807) is 11.3 Å². The number of thiophene rings is 1. The maximum absolute atomic E-state index is 11.3. The van der Waals surface area contributed by atoms with Gasteiger partial charge in [0.15, 0.2) is 0 Å². The molecule has 2 aromatic rings. The molecule has 0 aliphatic carbocycles. The molecule has 0 bridgehead atoms. The summed E-state index contributed by atoms with van der Waals surface area (Å²) in [4.78, 5) is 22.4. The first-order valence-corrected chi connectivity index (χ1v) is 8.16. The molecule has 2 heterocycles. The second-order valence-corrected chi connectivity index (χ2v) is 6.42. The smallest absolute Gasteiger partial charge is 0.316 e. The molecule has 0 saturated carbocycles. The van der Waals surface area contributed by atoms with E-state index in [2.05, 4.69) is 33.0 Å². The number of methoxy groups -OCH3 is 1. The summed E-state index contributed by atoms with van der Waals surface area (Å²) in [6, 6.07) is 2.06. The summed E-state index contributed by atoms with van der Waals surface area (Å²) < 4.78 is 4.67. The van der Waals surface area contributed by atoms with E-state index in [0.29, 0.717) is 5.95 Å². The standard InChI is InChI=1S/C13H17N3O2S2/c1-4-5-14-13-15-11(19-7-10(17)18-3)9-6-8(2)20-12(9)16-13/h6H,4-5,7H2,1-3H3,(H,14,15,16). The minimum atomic E-state index is -0.253. The molecule has 0 fully saturated rings. The van der Waals surface area contributed by atoms with E-state index in [4.69, 9.17) is 0 Å². The van der Waals surface area contributed by atoms with Gasteiger partial charge in [-0.1, -0.05) is 18.7 Å². The zero-order valence-electron chi connectivity index (χ0n) is 11.7. The van der Waals surface area contributed by atoms with Crippen LogP contribution in [0.2, 0.25) is 0 Å². The molecular weight excluding hydrogens is 294 g/mol. The molecule has 0 amide bonds. The van der Waals surface area contributed by atoms with Crippen LogP contribution in [0.15, 0.2) is 11.1 Å². The number of nitrogens with zero attached hydrogens (tertiary/aromatic N) is 2. The normalized spacial score (nSPS) is 10.8. The predicted molar refractivity (Wildman–Crippen MR) is 83.7 cm³/mol. The van der Waals surface area contributed by atoms with Gasteiger partial charge in [0.2, 0.25) is 5.95 Å². The molecule has 20 heavy (non-hydrogen) atoms. The van der Waals surface area contributed by atoms with Crippen LogP contribution in [0.5, 0.6) is 0 Å². The highest BCUT2D eigenvalue weighted by Crippen LogP contribution is 2.32. The second kappa shape index (κ2) is 6.90. The molecule has 0 atom stereocenters. The lowest BCUT2D eigenvalue weighted by Gasteiger charge is -2.06. The van der Waals surface area contributed by atoms with Crippen LogP contribution in [-0.2, 0) is 9.53 Å². The Morgan fingerprint density at radius 2 is 2.30 bits per heavy atom. The summed E-state index contributed by atoms with van der Waals surface area (Å²) in [6.07, 6.45) is 1.01. The molecule has 0 spiro atoms. The van der Waals surface area contributed by atoms with Gasteiger partial charge in [0, 0.05) is 16.8 Å². The fourth-order valence-corrected chi connectivity index (χ4v) is 3.41. The quantitative estimate of drug-likeness (QED) is 0.502. The SMILES string of the molecule is CCCNc1nc(SCC(=O)OC)c2cc(C)sc2n1. The molecular formula is C13H17N3O2S2. The summed E-state index contributed by atoms with van der Waals surface area (Å²) in [5.74, 6) is 0.621. The van der Waals surface area contributed by atoms with Crippen molar-refractivity contribution in [3.05, 3.63) is 10.9 Å². The third-order valence-corrected chi connectivity index (χ3v) is 4.48. The van der Waals surface area contributed by atoms with E-state index in [1.807, 2.05) is 6.92 Å². The molecule has 2 rings (SSSR count). The fourth-order valence-electron chi connectivity index (χ4n) is 1.63. The van der Waals surface area contributed by atoms with Crippen LogP contribution in [0.1, 0.15) is 18.2 Å². The van der Waals surface area contributed by atoms with Gasteiger partial charge in [-0.2, -0.15) is 0 Å². The van der Waals surface area contributed by atoms with Crippen LogP contribution in [0, 0.1) is 6.92 Å². The number of carbonyl (C=O) groups is 1. The molecule has 0 saturated heterocycles. The molecule has 108 valence electrons. The molecule has 2 aromatic heterocycles.